The van der Waals surface area contributed by atoms with Gasteiger partial charge in [0.2, 0.25) is 0 Å². The molecule has 0 atom stereocenters. The van der Waals surface area contributed by atoms with Crippen LogP contribution in [-0.2, 0) is 0 Å². The number of carbonyl (C=O) groups is 1. The smallest absolute Gasteiger partial charge is 0.253 e. The maximum absolute atomic E-state index is 12.9. The Morgan fingerprint density at radius 1 is 0.655 bits per heavy atom. The first-order valence-electron chi connectivity index (χ1n) is 12.5. The van der Waals surface area contributed by atoms with Crippen molar-refractivity contribution in [3.05, 3.63) is 30.1 Å². The lowest BCUT2D eigenvalue weighted by atomic mass is 10.1. The van der Waals surface area contributed by atoms with Gasteiger partial charge in [-0.05, 0) is 25.0 Å². The fourth-order valence-electron chi connectivity index (χ4n) is 3.87. The molecule has 1 aromatic heterocycles. The molecule has 0 bridgehead atoms. The number of rotatable bonds is 19. The zero-order valence-electron chi connectivity index (χ0n) is 19.3. The monoisotopic (exact) mass is 402 g/mol. The summed E-state index contributed by atoms with van der Waals surface area (Å²) in [5.74, 6) is 0.179. The van der Waals surface area contributed by atoms with Crippen LogP contribution in [0.1, 0.15) is 127 Å². The number of amides is 1. The van der Waals surface area contributed by atoms with Crippen molar-refractivity contribution >= 4 is 5.91 Å². The van der Waals surface area contributed by atoms with Crippen LogP contribution >= 0.6 is 0 Å². The van der Waals surface area contributed by atoms with Crippen molar-refractivity contribution in [2.75, 3.05) is 13.1 Å². The summed E-state index contributed by atoms with van der Waals surface area (Å²) in [7, 11) is 0. The average Bonchev–Trinajstić information content (AvgIpc) is 2.76. The van der Waals surface area contributed by atoms with E-state index in [0.717, 1.165) is 31.5 Å². The molecule has 1 rings (SSSR count). The Balaban J connectivity index is 2.29. The van der Waals surface area contributed by atoms with E-state index in [1.165, 1.54) is 89.9 Å². The van der Waals surface area contributed by atoms with Gasteiger partial charge in [0, 0.05) is 31.0 Å². The molecule has 29 heavy (non-hydrogen) atoms. The van der Waals surface area contributed by atoms with Gasteiger partial charge in [-0.15, -0.1) is 0 Å². The van der Waals surface area contributed by atoms with Crippen LogP contribution in [0.2, 0.25) is 0 Å². The van der Waals surface area contributed by atoms with Gasteiger partial charge in [0.1, 0.15) is 0 Å². The van der Waals surface area contributed by atoms with Crippen LogP contribution < -0.4 is 0 Å². The van der Waals surface area contributed by atoms with Crippen LogP contribution in [0.3, 0.4) is 0 Å². The van der Waals surface area contributed by atoms with Gasteiger partial charge < -0.3 is 4.90 Å². The molecule has 0 aliphatic carbocycles. The second-order valence-corrected chi connectivity index (χ2v) is 8.48. The van der Waals surface area contributed by atoms with Gasteiger partial charge in [0.05, 0.1) is 0 Å². The van der Waals surface area contributed by atoms with Crippen molar-refractivity contribution < 1.29 is 4.79 Å². The zero-order chi connectivity index (χ0) is 21.0. The minimum atomic E-state index is 0.179. The molecule has 0 unspecified atom stereocenters. The van der Waals surface area contributed by atoms with E-state index < -0.39 is 0 Å². The van der Waals surface area contributed by atoms with Gasteiger partial charge in [-0.3, -0.25) is 9.78 Å². The van der Waals surface area contributed by atoms with E-state index >= 15 is 0 Å². The summed E-state index contributed by atoms with van der Waals surface area (Å²) in [5, 5.41) is 0. The number of hydrogen-bond acceptors (Lipinski definition) is 2. The van der Waals surface area contributed by atoms with E-state index in [9.17, 15) is 4.79 Å². The summed E-state index contributed by atoms with van der Waals surface area (Å²) in [5.41, 5.74) is 0.777. The van der Waals surface area contributed by atoms with Crippen LogP contribution in [0.15, 0.2) is 24.5 Å². The number of carbonyl (C=O) groups excluding carboxylic acids is 1. The van der Waals surface area contributed by atoms with Crippen LogP contribution in [0, 0.1) is 0 Å². The third-order valence-electron chi connectivity index (χ3n) is 5.78. The topological polar surface area (TPSA) is 33.2 Å². The lowest BCUT2D eigenvalue weighted by molar-refractivity contribution is 0.0749. The molecular weight excluding hydrogens is 356 g/mol. The molecule has 1 heterocycles. The molecule has 0 radical (unpaired) electrons. The molecule has 3 heteroatoms. The van der Waals surface area contributed by atoms with E-state index in [1.54, 1.807) is 12.4 Å². The number of nitrogens with zero attached hydrogens (tertiary/aromatic N) is 2. The number of pyridine rings is 1. The fraction of sp³-hybridized carbons (Fsp3) is 0.769. The highest BCUT2D eigenvalue weighted by Gasteiger charge is 2.14. The minimum absolute atomic E-state index is 0.179. The lowest BCUT2D eigenvalue weighted by Gasteiger charge is -2.23. The Morgan fingerprint density at radius 2 is 1.03 bits per heavy atom. The van der Waals surface area contributed by atoms with Gasteiger partial charge >= 0.3 is 0 Å². The van der Waals surface area contributed by atoms with E-state index in [4.69, 9.17) is 0 Å². The van der Waals surface area contributed by atoms with Gasteiger partial charge in [0.25, 0.3) is 5.91 Å². The van der Waals surface area contributed by atoms with Crippen molar-refractivity contribution in [3.8, 4) is 0 Å². The normalized spacial score (nSPS) is 11.0. The number of unbranched alkanes of at least 4 members (excludes halogenated alkanes) is 14. The highest BCUT2D eigenvalue weighted by atomic mass is 16.2. The molecule has 0 aliphatic rings. The zero-order valence-corrected chi connectivity index (χ0v) is 19.3. The highest BCUT2D eigenvalue weighted by molar-refractivity contribution is 5.94. The Kier molecular flexibility index (Phi) is 16.5. The summed E-state index contributed by atoms with van der Waals surface area (Å²) in [6, 6.07) is 3.69. The fourth-order valence-corrected chi connectivity index (χ4v) is 3.87. The van der Waals surface area contributed by atoms with E-state index in [-0.39, 0.29) is 5.91 Å². The predicted molar refractivity (Wildman–Crippen MR) is 125 cm³/mol. The Hall–Kier alpha value is -1.38. The first kappa shape index (κ1) is 25.7. The summed E-state index contributed by atoms with van der Waals surface area (Å²) >= 11 is 0. The molecule has 0 saturated carbocycles. The van der Waals surface area contributed by atoms with E-state index in [1.807, 2.05) is 12.1 Å². The van der Waals surface area contributed by atoms with Crippen LogP contribution in [0.4, 0.5) is 0 Å². The van der Waals surface area contributed by atoms with Crippen molar-refractivity contribution in [1.29, 1.82) is 0 Å². The van der Waals surface area contributed by atoms with Crippen molar-refractivity contribution in [2.24, 2.45) is 0 Å². The Labute approximate surface area is 180 Å². The second kappa shape index (κ2) is 18.6. The van der Waals surface area contributed by atoms with E-state index in [2.05, 4.69) is 23.7 Å². The SMILES string of the molecule is CCCCCCCCCCN(CCCCCCCCCC)C(=O)c1ccncc1. The Morgan fingerprint density at radius 3 is 1.45 bits per heavy atom. The van der Waals surface area contributed by atoms with Crippen molar-refractivity contribution in [2.45, 2.75) is 117 Å². The molecule has 0 saturated heterocycles. The number of hydrogen-bond donors (Lipinski definition) is 0. The minimum Gasteiger partial charge on any atom is -0.339 e. The summed E-state index contributed by atoms with van der Waals surface area (Å²) in [6.07, 6.45) is 24.3. The maximum Gasteiger partial charge on any atom is 0.253 e. The molecule has 3 nitrogen and oxygen atoms in total. The van der Waals surface area contributed by atoms with Crippen LogP contribution in [-0.4, -0.2) is 28.9 Å². The van der Waals surface area contributed by atoms with Gasteiger partial charge in [-0.25, -0.2) is 0 Å². The predicted octanol–water partition coefficient (Wildman–Crippen LogP) is 7.81. The molecular formula is C26H46N2O. The molecule has 0 N–H and O–H groups in total. The Bertz CT molecular complexity index is 469. The summed E-state index contributed by atoms with van der Waals surface area (Å²) < 4.78 is 0. The summed E-state index contributed by atoms with van der Waals surface area (Å²) in [6.45, 7) is 6.32. The van der Waals surface area contributed by atoms with Gasteiger partial charge in [-0.2, -0.15) is 0 Å². The molecule has 1 aromatic rings. The molecule has 0 aliphatic heterocycles. The maximum atomic E-state index is 12.9. The first-order chi connectivity index (χ1) is 14.3. The van der Waals surface area contributed by atoms with Crippen molar-refractivity contribution in [1.82, 2.24) is 9.88 Å². The highest BCUT2D eigenvalue weighted by Crippen LogP contribution is 2.13. The molecule has 1 amide bonds. The van der Waals surface area contributed by atoms with Crippen molar-refractivity contribution in [3.63, 3.8) is 0 Å². The molecule has 0 aromatic carbocycles. The van der Waals surface area contributed by atoms with Gasteiger partial charge in [-0.1, -0.05) is 104 Å². The molecule has 0 spiro atoms. The lowest BCUT2D eigenvalue weighted by Crippen LogP contribution is -2.33. The standard InChI is InChI=1S/C26H46N2O/c1-3-5-7-9-11-13-15-17-23-28(26(29)25-19-21-27-22-20-25)24-18-16-14-12-10-8-6-4-2/h19-22H,3-18,23-24H2,1-2H3. The first-order valence-corrected chi connectivity index (χ1v) is 12.5. The quantitative estimate of drug-likeness (QED) is 0.221. The second-order valence-electron chi connectivity index (χ2n) is 8.48. The molecule has 166 valence electrons. The number of aromatic nitrogens is 1. The van der Waals surface area contributed by atoms with Crippen LogP contribution in [0.5, 0.6) is 0 Å². The largest absolute Gasteiger partial charge is 0.339 e. The third kappa shape index (κ3) is 13.5. The van der Waals surface area contributed by atoms with Gasteiger partial charge in [0.15, 0.2) is 0 Å². The van der Waals surface area contributed by atoms with E-state index in [0.29, 0.717) is 0 Å². The average molecular weight is 403 g/mol. The third-order valence-corrected chi connectivity index (χ3v) is 5.78. The molecule has 0 fully saturated rings. The van der Waals surface area contributed by atoms with Crippen LogP contribution in [0.25, 0.3) is 0 Å². The summed E-state index contributed by atoms with van der Waals surface area (Å²) in [4.78, 5) is 19.1.